The van der Waals surface area contributed by atoms with E-state index < -0.39 is 0 Å². The van der Waals surface area contributed by atoms with Crippen molar-refractivity contribution in [1.82, 2.24) is 14.4 Å². The topological polar surface area (TPSA) is 30.2 Å². The van der Waals surface area contributed by atoms with Gasteiger partial charge >= 0.3 is 0 Å². The van der Waals surface area contributed by atoms with Crippen molar-refractivity contribution in [3.8, 4) is 0 Å². The van der Waals surface area contributed by atoms with Crippen molar-refractivity contribution in [3.63, 3.8) is 0 Å². The Kier molecular flexibility index (Phi) is 2.90. The van der Waals surface area contributed by atoms with E-state index in [1.54, 1.807) is 22.7 Å². The summed E-state index contributed by atoms with van der Waals surface area (Å²) in [4.78, 5) is 11.6. The molecule has 3 nitrogen and oxygen atoms in total. The first-order valence-electron chi connectivity index (χ1n) is 6.69. The highest BCUT2D eigenvalue weighted by molar-refractivity contribution is 7.19. The van der Waals surface area contributed by atoms with Crippen LogP contribution in [0.4, 0.5) is 0 Å². The van der Waals surface area contributed by atoms with E-state index >= 15 is 0 Å². The van der Waals surface area contributed by atoms with E-state index in [4.69, 9.17) is 0 Å². The van der Waals surface area contributed by atoms with Gasteiger partial charge in [-0.25, -0.2) is 9.97 Å². The molecule has 0 aliphatic rings. The van der Waals surface area contributed by atoms with Gasteiger partial charge in [-0.05, 0) is 38.1 Å². The van der Waals surface area contributed by atoms with Gasteiger partial charge in [-0.15, -0.1) is 22.7 Å². The van der Waals surface area contributed by atoms with Crippen LogP contribution in [0.3, 0.4) is 0 Å². The lowest BCUT2D eigenvalue weighted by Gasteiger charge is -1.92. The summed E-state index contributed by atoms with van der Waals surface area (Å²) in [6, 6.07) is 8.23. The lowest BCUT2D eigenvalue weighted by Crippen LogP contribution is -1.83. The van der Waals surface area contributed by atoms with Gasteiger partial charge in [0.25, 0.3) is 0 Å². The predicted molar refractivity (Wildman–Crippen MR) is 91.1 cm³/mol. The van der Waals surface area contributed by atoms with Gasteiger partial charge in [-0.1, -0.05) is 12.1 Å². The molecule has 0 atom stereocenters. The molecule has 0 radical (unpaired) electrons. The molecule has 0 bridgehead atoms. The van der Waals surface area contributed by atoms with Crippen molar-refractivity contribution in [2.75, 3.05) is 0 Å². The Balaban J connectivity index is 1.77. The molecule has 0 fully saturated rings. The van der Waals surface area contributed by atoms with Gasteiger partial charge in [0.1, 0.15) is 5.01 Å². The standard InChI is InChI=1S/C16H13N3S2/c1-10-9-19-13(11(2)17-16(19)20-10)7-8-15-18-12-5-3-4-6-14(12)21-15/h3-9H,1-2H3/b8-7-. The molecular weight excluding hydrogens is 298 g/mol. The van der Waals surface area contributed by atoms with Crippen molar-refractivity contribution >= 4 is 50.0 Å². The summed E-state index contributed by atoms with van der Waals surface area (Å²) in [7, 11) is 0. The lowest BCUT2D eigenvalue weighted by molar-refractivity contribution is 1.18. The van der Waals surface area contributed by atoms with Crippen LogP contribution in [0, 0.1) is 13.8 Å². The minimum Gasteiger partial charge on any atom is -0.290 e. The van der Waals surface area contributed by atoms with E-state index in [-0.39, 0.29) is 0 Å². The van der Waals surface area contributed by atoms with Crippen molar-refractivity contribution < 1.29 is 0 Å². The van der Waals surface area contributed by atoms with Gasteiger partial charge in [-0.2, -0.15) is 0 Å². The Morgan fingerprint density at radius 2 is 1.90 bits per heavy atom. The summed E-state index contributed by atoms with van der Waals surface area (Å²) in [5.41, 5.74) is 3.25. The number of thiazole rings is 2. The van der Waals surface area contributed by atoms with Gasteiger partial charge in [-0.3, -0.25) is 4.40 Å². The molecule has 0 spiro atoms. The molecule has 0 aliphatic heterocycles. The molecule has 5 heteroatoms. The molecular formula is C16H13N3S2. The third-order valence-electron chi connectivity index (χ3n) is 3.36. The van der Waals surface area contributed by atoms with Gasteiger partial charge in [0.05, 0.1) is 21.6 Å². The van der Waals surface area contributed by atoms with Crippen LogP contribution < -0.4 is 0 Å². The van der Waals surface area contributed by atoms with Crippen LogP contribution in [0.25, 0.3) is 27.3 Å². The van der Waals surface area contributed by atoms with Gasteiger partial charge in [0, 0.05) is 11.1 Å². The zero-order chi connectivity index (χ0) is 14.4. The maximum Gasteiger partial charge on any atom is 0.194 e. The summed E-state index contributed by atoms with van der Waals surface area (Å²) in [6.07, 6.45) is 6.32. The molecule has 3 heterocycles. The molecule has 0 saturated carbocycles. The Hall–Kier alpha value is -1.98. The fraction of sp³-hybridized carbons (Fsp3) is 0.125. The number of aryl methyl sites for hydroxylation is 2. The Morgan fingerprint density at radius 1 is 1.05 bits per heavy atom. The van der Waals surface area contributed by atoms with Crippen LogP contribution in [0.5, 0.6) is 0 Å². The molecule has 0 aliphatic carbocycles. The van der Waals surface area contributed by atoms with Crippen LogP contribution >= 0.6 is 22.7 Å². The van der Waals surface area contributed by atoms with Crippen molar-refractivity contribution in [2.45, 2.75) is 13.8 Å². The number of fused-ring (bicyclic) bond motifs is 2. The molecule has 4 rings (SSSR count). The fourth-order valence-corrected chi connectivity index (χ4v) is 4.14. The zero-order valence-electron chi connectivity index (χ0n) is 11.7. The molecule has 21 heavy (non-hydrogen) atoms. The number of rotatable bonds is 2. The summed E-state index contributed by atoms with van der Waals surface area (Å²) >= 11 is 3.43. The normalized spacial score (nSPS) is 12.1. The number of hydrogen-bond acceptors (Lipinski definition) is 4. The first-order chi connectivity index (χ1) is 10.2. The van der Waals surface area contributed by atoms with Crippen LogP contribution in [0.2, 0.25) is 0 Å². The number of para-hydroxylation sites is 1. The molecule has 104 valence electrons. The van der Waals surface area contributed by atoms with E-state index in [1.807, 2.05) is 25.1 Å². The summed E-state index contributed by atoms with van der Waals surface area (Å²) in [5, 5.41) is 1.03. The number of aromatic nitrogens is 3. The third kappa shape index (κ3) is 2.18. The summed E-state index contributed by atoms with van der Waals surface area (Å²) in [5.74, 6) is 0. The highest BCUT2D eigenvalue weighted by Crippen LogP contribution is 2.25. The average Bonchev–Trinajstić information content (AvgIpc) is 3.09. The molecule has 1 aromatic carbocycles. The fourth-order valence-electron chi connectivity index (χ4n) is 2.39. The third-order valence-corrected chi connectivity index (χ3v) is 5.26. The minimum absolute atomic E-state index is 1.03. The Bertz CT molecular complexity index is 939. The maximum atomic E-state index is 4.63. The van der Waals surface area contributed by atoms with E-state index in [2.05, 4.69) is 45.7 Å². The number of nitrogens with zero attached hydrogens (tertiary/aromatic N) is 3. The number of benzene rings is 1. The molecule has 4 aromatic rings. The molecule has 0 saturated heterocycles. The van der Waals surface area contributed by atoms with E-state index in [1.165, 1.54) is 9.58 Å². The molecule has 0 N–H and O–H groups in total. The Labute approximate surface area is 130 Å². The highest BCUT2D eigenvalue weighted by Gasteiger charge is 2.08. The summed E-state index contributed by atoms with van der Waals surface area (Å²) in [6.45, 7) is 4.16. The summed E-state index contributed by atoms with van der Waals surface area (Å²) < 4.78 is 3.37. The smallest absolute Gasteiger partial charge is 0.194 e. The first-order valence-corrected chi connectivity index (χ1v) is 8.33. The minimum atomic E-state index is 1.03. The van der Waals surface area contributed by atoms with Gasteiger partial charge in [0.15, 0.2) is 4.96 Å². The quantitative estimate of drug-likeness (QED) is 0.532. The number of hydrogen-bond donors (Lipinski definition) is 0. The number of imidazole rings is 1. The first kappa shape index (κ1) is 12.7. The average molecular weight is 311 g/mol. The van der Waals surface area contributed by atoms with Crippen molar-refractivity contribution in [2.24, 2.45) is 0 Å². The second-order valence-electron chi connectivity index (χ2n) is 4.93. The SMILES string of the molecule is Cc1cn2c(/C=C\c3nc4ccccc4s3)c(C)nc2s1. The van der Waals surface area contributed by atoms with E-state index in [9.17, 15) is 0 Å². The van der Waals surface area contributed by atoms with Crippen LogP contribution in [0.1, 0.15) is 21.3 Å². The monoisotopic (exact) mass is 311 g/mol. The van der Waals surface area contributed by atoms with Crippen molar-refractivity contribution in [3.05, 3.63) is 51.7 Å². The predicted octanol–water partition coefficient (Wildman–Crippen LogP) is 4.79. The largest absolute Gasteiger partial charge is 0.290 e. The van der Waals surface area contributed by atoms with Gasteiger partial charge < -0.3 is 0 Å². The molecule has 3 aromatic heterocycles. The second-order valence-corrected chi connectivity index (χ2v) is 7.21. The molecule has 0 unspecified atom stereocenters. The van der Waals surface area contributed by atoms with Crippen LogP contribution in [-0.4, -0.2) is 14.4 Å². The van der Waals surface area contributed by atoms with E-state index in [0.717, 1.165) is 26.9 Å². The van der Waals surface area contributed by atoms with Gasteiger partial charge in [0.2, 0.25) is 0 Å². The Morgan fingerprint density at radius 3 is 2.76 bits per heavy atom. The van der Waals surface area contributed by atoms with Crippen molar-refractivity contribution in [1.29, 1.82) is 0 Å². The zero-order valence-corrected chi connectivity index (χ0v) is 13.3. The lowest BCUT2D eigenvalue weighted by atomic mass is 10.3. The van der Waals surface area contributed by atoms with Crippen LogP contribution in [0.15, 0.2) is 30.5 Å². The highest BCUT2D eigenvalue weighted by atomic mass is 32.1. The second kappa shape index (κ2) is 4.79. The molecule has 0 amide bonds. The van der Waals surface area contributed by atoms with Crippen LogP contribution in [-0.2, 0) is 0 Å². The maximum absolute atomic E-state index is 4.63. The van der Waals surface area contributed by atoms with E-state index in [0.29, 0.717) is 0 Å².